The van der Waals surface area contributed by atoms with Crippen molar-refractivity contribution in [3.8, 4) is 0 Å². The van der Waals surface area contributed by atoms with Crippen molar-refractivity contribution >= 4 is 23.8 Å². The molecule has 2 amide bonds. The highest BCUT2D eigenvalue weighted by Gasteiger charge is 2.30. The SMILES string of the molecule is CSCCNC(=O)NC(C(=O)O)C1CCCCC1. The van der Waals surface area contributed by atoms with Gasteiger partial charge in [-0.25, -0.2) is 9.59 Å². The van der Waals surface area contributed by atoms with Crippen molar-refractivity contribution in [2.24, 2.45) is 5.92 Å². The molecule has 5 nitrogen and oxygen atoms in total. The number of aliphatic carboxylic acids is 1. The number of carbonyl (C=O) groups excluding carboxylic acids is 1. The molecule has 1 atom stereocenters. The fourth-order valence-electron chi connectivity index (χ4n) is 2.31. The molecule has 0 aliphatic heterocycles. The number of carboxylic acid groups (broad SMARTS) is 1. The first kappa shape index (κ1) is 15.1. The van der Waals surface area contributed by atoms with Gasteiger partial charge in [0.25, 0.3) is 0 Å². The molecule has 0 bridgehead atoms. The van der Waals surface area contributed by atoms with Gasteiger partial charge >= 0.3 is 12.0 Å². The van der Waals surface area contributed by atoms with E-state index in [0.717, 1.165) is 31.4 Å². The van der Waals surface area contributed by atoms with Gasteiger partial charge in [0.2, 0.25) is 0 Å². The van der Waals surface area contributed by atoms with Gasteiger partial charge in [-0.3, -0.25) is 0 Å². The Labute approximate surface area is 112 Å². The minimum atomic E-state index is -0.929. The number of hydrogen-bond donors (Lipinski definition) is 3. The van der Waals surface area contributed by atoms with Crippen LogP contribution in [0.15, 0.2) is 0 Å². The summed E-state index contributed by atoms with van der Waals surface area (Å²) in [5, 5.41) is 14.5. The average molecular weight is 274 g/mol. The molecule has 18 heavy (non-hydrogen) atoms. The predicted octanol–water partition coefficient (Wildman–Crippen LogP) is 1.68. The number of carboxylic acids is 1. The molecule has 1 unspecified atom stereocenters. The summed E-state index contributed by atoms with van der Waals surface area (Å²) in [6.07, 6.45) is 7.03. The second kappa shape index (κ2) is 8.24. The molecule has 104 valence electrons. The maximum Gasteiger partial charge on any atom is 0.326 e. The van der Waals surface area contributed by atoms with Crippen LogP contribution in [0.5, 0.6) is 0 Å². The van der Waals surface area contributed by atoms with Crippen LogP contribution >= 0.6 is 11.8 Å². The lowest BCUT2D eigenvalue weighted by molar-refractivity contribution is -0.141. The maximum absolute atomic E-state index is 11.6. The van der Waals surface area contributed by atoms with Gasteiger partial charge in [0.15, 0.2) is 0 Å². The molecule has 6 heteroatoms. The van der Waals surface area contributed by atoms with Crippen LogP contribution in [0.3, 0.4) is 0 Å². The van der Waals surface area contributed by atoms with E-state index in [1.165, 1.54) is 6.42 Å². The molecule has 0 aromatic carbocycles. The zero-order valence-corrected chi connectivity index (χ0v) is 11.6. The molecular weight excluding hydrogens is 252 g/mol. The van der Waals surface area contributed by atoms with E-state index in [9.17, 15) is 14.7 Å². The lowest BCUT2D eigenvalue weighted by Gasteiger charge is -2.28. The molecule has 0 spiro atoms. The number of carbonyl (C=O) groups is 2. The van der Waals surface area contributed by atoms with E-state index in [1.54, 1.807) is 11.8 Å². The highest BCUT2D eigenvalue weighted by Crippen LogP contribution is 2.26. The first-order chi connectivity index (χ1) is 8.65. The van der Waals surface area contributed by atoms with Gasteiger partial charge in [0.1, 0.15) is 6.04 Å². The summed E-state index contributed by atoms with van der Waals surface area (Å²) >= 11 is 1.64. The summed E-state index contributed by atoms with van der Waals surface area (Å²) in [5.74, 6) is -0.0290. The minimum Gasteiger partial charge on any atom is -0.480 e. The van der Waals surface area contributed by atoms with Gasteiger partial charge in [-0.2, -0.15) is 11.8 Å². The largest absolute Gasteiger partial charge is 0.480 e. The molecule has 1 aliphatic carbocycles. The van der Waals surface area contributed by atoms with E-state index >= 15 is 0 Å². The van der Waals surface area contributed by atoms with E-state index in [4.69, 9.17) is 0 Å². The van der Waals surface area contributed by atoms with Gasteiger partial charge in [0.05, 0.1) is 0 Å². The van der Waals surface area contributed by atoms with E-state index in [0.29, 0.717) is 6.54 Å². The minimum absolute atomic E-state index is 0.0718. The Morgan fingerprint density at radius 1 is 1.33 bits per heavy atom. The smallest absolute Gasteiger partial charge is 0.326 e. The Balaban J connectivity index is 2.41. The van der Waals surface area contributed by atoms with Gasteiger partial charge in [0, 0.05) is 12.3 Å². The molecule has 0 aromatic rings. The summed E-state index contributed by atoms with van der Waals surface area (Å²) < 4.78 is 0. The van der Waals surface area contributed by atoms with Crippen LogP contribution in [-0.2, 0) is 4.79 Å². The van der Waals surface area contributed by atoms with E-state index in [2.05, 4.69) is 10.6 Å². The molecule has 1 fully saturated rings. The molecule has 1 saturated carbocycles. The van der Waals surface area contributed by atoms with Crippen molar-refractivity contribution < 1.29 is 14.7 Å². The van der Waals surface area contributed by atoms with Crippen LogP contribution in [0.4, 0.5) is 4.79 Å². The monoisotopic (exact) mass is 274 g/mol. The highest BCUT2D eigenvalue weighted by molar-refractivity contribution is 7.98. The number of hydrogen-bond acceptors (Lipinski definition) is 3. The molecule has 0 heterocycles. The Kier molecular flexibility index (Phi) is 6.93. The van der Waals surface area contributed by atoms with Crippen molar-refractivity contribution in [1.82, 2.24) is 10.6 Å². The number of amides is 2. The third-order valence-electron chi connectivity index (χ3n) is 3.27. The Morgan fingerprint density at radius 2 is 2.00 bits per heavy atom. The molecule has 1 aliphatic rings. The van der Waals surface area contributed by atoms with Gasteiger partial charge in [-0.05, 0) is 25.0 Å². The second-order valence-corrected chi connectivity index (χ2v) is 5.59. The lowest BCUT2D eigenvalue weighted by atomic mass is 9.84. The standard InChI is InChI=1S/C12H22N2O3S/c1-18-8-7-13-12(17)14-10(11(15)16)9-5-3-2-4-6-9/h9-10H,2-8H2,1H3,(H,15,16)(H2,13,14,17). The fraction of sp³-hybridized carbons (Fsp3) is 0.833. The van der Waals surface area contributed by atoms with Crippen LogP contribution < -0.4 is 10.6 Å². The number of urea groups is 1. The topological polar surface area (TPSA) is 78.4 Å². The van der Waals surface area contributed by atoms with Crippen LogP contribution in [0.1, 0.15) is 32.1 Å². The maximum atomic E-state index is 11.6. The molecule has 0 saturated heterocycles. The molecule has 0 aromatic heterocycles. The van der Waals surface area contributed by atoms with Crippen molar-refractivity contribution in [3.05, 3.63) is 0 Å². The fourth-order valence-corrected chi connectivity index (χ4v) is 2.61. The summed E-state index contributed by atoms with van der Waals surface area (Å²) in [4.78, 5) is 22.8. The molecule has 3 N–H and O–H groups in total. The molecular formula is C12H22N2O3S. The molecule has 0 radical (unpaired) electrons. The Morgan fingerprint density at radius 3 is 2.56 bits per heavy atom. The zero-order chi connectivity index (χ0) is 13.4. The lowest BCUT2D eigenvalue weighted by Crippen LogP contribution is -2.50. The van der Waals surface area contributed by atoms with Crippen LogP contribution in [0, 0.1) is 5.92 Å². The third-order valence-corrected chi connectivity index (χ3v) is 3.88. The van der Waals surface area contributed by atoms with E-state index < -0.39 is 12.0 Å². The van der Waals surface area contributed by atoms with Gasteiger partial charge in [-0.15, -0.1) is 0 Å². The summed E-state index contributed by atoms with van der Waals surface area (Å²) in [5.41, 5.74) is 0. The number of nitrogens with one attached hydrogen (secondary N) is 2. The third kappa shape index (κ3) is 5.16. The highest BCUT2D eigenvalue weighted by atomic mass is 32.2. The summed E-state index contributed by atoms with van der Waals surface area (Å²) in [7, 11) is 0. The van der Waals surface area contributed by atoms with Crippen LogP contribution in [0.25, 0.3) is 0 Å². The summed E-state index contributed by atoms with van der Waals surface area (Å²) in [6, 6.07) is -1.12. The Hall–Kier alpha value is -0.910. The first-order valence-electron chi connectivity index (χ1n) is 6.41. The predicted molar refractivity (Wildman–Crippen MR) is 72.9 cm³/mol. The van der Waals surface area contributed by atoms with Gasteiger partial charge < -0.3 is 15.7 Å². The van der Waals surface area contributed by atoms with E-state index in [-0.39, 0.29) is 11.9 Å². The quantitative estimate of drug-likeness (QED) is 0.644. The van der Waals surface area contributed by atoms with Gasteiger partial charge in [-0.1, -0.05) is 19.3 Å². The van der Waals surface area contributed by atoms with Crippen LogP contribution in [0.2, 0.25) is 0 Å². The number of thioether (sulfide) groups is 1. The summed E-state index contributed by atoms with van der Waals surface area (Å²) in [6.45, 7) is 0.560. The van der Waals surface area contributed by atoms with E-state index in [1.807, 2.05) is 6.26 Å². The van der Waals surface area contributed by atoms with Crippen molar-refractivity contribution in [3.63, 3.8) is 0 Å². The van der Waals surface area contributed by atoms with Crippen LogP contribution in [-0.4, -0.2) is 41.7 Å². The second-order valence-electron chi connectivity index (χ2n) is 4.61. The van der Waals surface area contributed by atoms with Crippen molar-refractivity contribution in [2.75, 3.05) is 18.6 Å². The number of rotatable bonds is 6. The van der Waals surface area contributed by atoms with Crippen molar-refractivity contribution in [2.45, 2.75) is 38.1 Å². The molecule has 1 rings (SSSR count). The average Bonchev–Trinajstić information content (AvgIpc) is 2.37. The first-order valence-corrected chi connectivity index (χ1v) is 7.80. The normalized spacial score (nSPS) is 18.1. The van der Waals surface area contributed by atoms with Crippen molar-refractivity contribution in [1.29, 1.82) is 0 Å². The Bertz CT molecular complexity index is 280. The zero-order valence-electron chi connectivity index (χ0n) is 10.8.